The lowest BCUT2D eigenvalue weighted by atomic mass is 9.85. The van der Waals surface area contributed by atoms with Crippen molar-refractivity contribution in [1.29, 1.82) is 0 Å². The Balaban J connectivity index is 2.16. The highest BCUT2D eigenvalue weighted by Gasteiger charge is 2.25. The average molecular weight is 292 g/mol. The third kappa shape index (κ3) is 3.71. The van der Waals surface area contributed by atoms with Gasteiger partial charge in [0.2, 0.25) is 0 Å². The predicted octanol–water partition coefficient (Wildman–Crippen LogP) is 2.89. The summed E-state index contributed by atoms with van der Waals surface area (Å²) < 4.78 is 0. The van der Waals surface area contributed by atoms with Gasteiger partial charge >= 0.3 is 0 Å². The van der Waals surface area contributed by atoms with Crippen molar-refractivity contribution in [3.63, 3.8) is 0 Å². The number of nitrogens with zero attached hydrogens (tertiary/aromatic N) is 2. The fourth-order valence-electron chi connectivity index (χ4n) is 3.30. The Bertz CT molecular complexity index is 506. The summed E-state index contributed by atoms with van der Waals surface area (Å²) in [6.45, 7) is 2.95. The van der Waals surface area contributed by atoms with Gasteiger partial charge in [-0.25, -0.2) is 0 Å². The van der Waals surface area contributed by atoms with E-state index in [1.807, 2.05) is 0 Å². The first-order chi connectivity index (χ1) is 10.0. The molecule has 1 fully saturated rings. The number of anilines is 1. The highest BCUT2D eigenvalue weighted by atomic mass is 16.6. The van der Waals surface area contributed by atoms with Crippen molar-refractivity contribution < 1.29 is 4.92 Å². The van der Waals surface area contributed by atoms with Crippen LogP contribution in [0.1, 0.15) is 38.2 Å². The first-order valence-corrected chi connectivity index (χ1v) is 7.47. The summed E-state index contributed by atoms with van der Waals surface area (Å²) in [5, 5.41) is 10.9. The Hall–Kier alpha value is -1.66. The number of rotatable bonds is 5. The van der Waals surface area contributed by atoms with Crippen molar-refractivity contribution in [2.75, 3.05) is 12.5 Å². The van der Waals surface area contributed by atoms with Crippen LogP contribution in [0.3, 0.4) is 0 Å². The molecule has 0 saturated heterocycles. The molecule has 0 heterocycles. The smallest absolute Gasteiger partial charge is 0.269 e. The van der Waals surface area contributed by atoms with Gasteiger partial charge in [0.25, 0.3) is 5.69 Å². The normalized spacial score (nSPS) is 22.3. The van der Waals surface area contributed by atoms with Crippen LogP contribution in [-0.4, -0.2) is 22.9 Å². The lowest BCUT2D eigenvalue weighted by Crippen LogP contribution is -2.38. The van der Waals surface area contributed by atoms with Gasteiger partial charge in [-0.2, -0.15) is 0 Å². The largest absolute Gasteiger partial charge is 0.324 e. The van der Waals surface area contributed by atoms with Gasteiger partial charge in [0.05, 0.1) is 10.6 Å². The van der Waals surface area contributed by atoms with E-state index in [2.05, 4.69) is 24.3 Å². The van der Waals surface area contributed by atoms with Gasteiger partial charge in [-0.15, -0.1) is 0 Å². The van der Waals surface area contributed by atoms with Crippen LogP contribution in [0.25, 0.3) is 0 Å². The number of nitro benzene ring substituents is 1. The minimum Gasteiger partial charge on any atom is -0.324 e. The van der Waals surface area contributed by atoms with Crippen LogP contribution in [0.5, 0.6) is 0 Å². The lowest BCUT2D eigenvalue weighted by Gasteiger charge is -2.36. The lowest BCUT2D eigenvalue weighted by molar-refractivity contribution is -0.384. The summed E-state index contributed by atoms with van der Waals surface area (Å²) in [4.78, 5) is 12.9. The van der Waals surface area contributed by atoms with Crippen molar-refractivity contribution in [1.82, 2.24) is 4.90 Å². The van der Waals surface area contributed by atoms with E-state index in [4.69, 9.17) is 5.84 Å². The quantitative estimate of drug-likeness (QED) is 0.495. The van der Waals surface area contributed by atoms with Crippen molar-refractivity contribution in [2.24, 2.45) is 11.8 Å². The zero-order chi connectivity index (χ0) is 15.4. The summed E-state index contributed by atoms with van der Waals surface area (Å²) in [6.07, 6.45) is 5.01. The number of hydrazine groups is 1. The molecule has 116 valence electrons. The third-order valence-electron chi connectivity index (χ3n) is 4.51. The summed E-state index contributed by atoms with van der Waals surface area (Å²) in [6, 6.07) is 5.29. The average Bonchev–Trinajstić information content (AvgIpc) is 2.47. The number of benzene rings is 1. The van der Waals surface area contributed by atoms with Gasteiger partial charge < -0.3 is 5.43 Å². The zero-order valence-electron chi connectivity index (χ0n) is 12.7. The van der Waals surface area contributed by atoms with E-state index >= 15 is 0 Å². The number of hydrogen-bond acceptors (Lipinski definition) is 5. The van der Waals surface area contributed by atoms with Crippen molar-refractivity contribution >= 4 is 11.4 Å². The van der Waals surface area contributed by atoms with E-state index in [-0.39, 0.29) is 10.6 Å². The van der Waals surface area contributed by atoms with Crippen molar-refractivity contribution in [2.45, 2.75) is 45.2 Å². The molecule has 1 aromatic rings. The van der Waals surface area contributed by atoms with Crippen LogP contribution in [-0.2, 0) is 6.54 Å². The Labute approximate surface area is 125 Å². The van der Waals surface area contributed by atoms with Crippen LogP contribution in [0.4, 0.5) is 11.4 Å². The summed E-state index contributed by atoms with van der Waals surface area (Å²) in [7, 11) is 2.09. The predicted molar refractivity (Wildman–Crippen MR) is 83.8 cm³/mol. The second kappa shape index (κ2) is 6.87. The molecular formula is C15H24N4O2. The SMILES string of the molecule is CC1CCCCC1N(C)Cc1cc([N+](=O)[O-])ccc1NN. The van der Waals surface area contributed by atoms with E-state index in [0.717, 1.165) is 11.3 Å². The van der Waals surface area contributed by atoms with Crippen LogP contribution in [0, 0.1) is 16.0 Å². The van der Waals surface area contributed by atoms with Gasteiger partial charge in [-0.3, -0.25) is 20.9 Å². The van der Waals surface area contributed by atoms with Gasteiger partial charge in [0.1, 0.15) is 0 Å². The van der Waals surface area contributed by atoms with Gasteiger partial charge in [0, 0.05) is 24.7 Å². The minimum atomic E-state index is -0.368. The highest BCUT2D eigenvalue weighted by Crippen LogP contribution is 2.30. The van der Waals surface area contributed by atoms with Crippen LogP contribution < -0.4 is 11.3 Å². The molecule has 0 spiro atoms. The maximum absolute atomic E-state index is 10.9. The molecule has 0 radical (unpaired) electrons. The molecule has 2 rings (SSSR count). The molecule has 21 heavy (non-hydrogen) atoms. The maximum atomic E-state index is 10.9. The summed E-state index contributed by atoms with van der Waals surface area (Å²) in [5.74, 6) is 6.18. The molecule has 0 aliphatic heterocycles. The van der Waals surface area contributed by atoms with Crippen molar-refractivity contribution in [3.05, 3.63) is 33.9 Å². The minimum absolute atomic E-state index is 0.106. The van der Waals surface area contributed by atoms with E-state index in [0.29, 0.717) is 18.5 Å². The maximum Gasteiger partial charge on any atom is 0.269 e. The number of nitrogens with one attached hydrogen (secondary N) is 1. The Morgan fingerprint density at radius 2 is 2.14 bits per heavy atom. The molecule has 0 amide bonds. The van der Waals surface area contributed by atoms with E-state index in [9.17, 15) is 10.1 Å². The molecule has 2 unspecified atom stereocenters. The van der Waals surface area contributed by atoms with E-state index < -0.39 is 0 Å². The summed E-state index contributed by atoms with van der Waals surface area (Å²) in [5.41, 5.74) is 4.35. The van der Waals surface area contributed by atoms with Gasteiger partial charge in [-0.1, -0.05) is 19.8 Å². The van der Waals surface area contributed by atoms with Crippen LogP contribution in [0.2, 0.25) is 0 Å². The molecule has 1 aromatic carbocycles. The molecular weight excluding hydrogens is 268 g/mol. The number of nitro groups is 1. The molecule has 3 N–H and O–H groups in total. The Morgan fingerprint density at radius 3 is 2.76 bits per heavy atom. The van der Waals surface area contributed by atoms with Crippen molar-refractivity contribution in [3.8, 4) is 0 Å². The molecule has 1 aliphatic carbocycles. The van der Waals surface area contributed by atoms with E-state index in [1.54, 1.807) is 12.1 Å². The topological polar surface area (TPSA) is 84.4 Å². The zero-order valence-corrected chi connectivity index (χ0v) is 12.7. The molecule has 6 nitrogen and oxygen atoms in total. The third-order valence-corrected chi connectivity index (χ3v) is 4.51. The molecule has 1 saturated carbocycles. The number of non-ortho nitro benzene ring substituents is 1. The molecule has 0 bridgehead atoms. The second-order valence-corrected chi connectivity index (χ2v) is 5.99. The standard InChI is InChI=1S/C15H24N4O2/c1-11-5-3-4-6-15(11)18(2)10-12-9-13(19(20)21)7-8-14(12)17-16/h7-9,11,15,17H,3-6,10,16H2,1-2H3. The van der Waals surface area contributed by atoms with Gasteiger partial charge in [0.15, 0.2) is 0 Å². The van der Waals surface area contributed by atoms with E-state index in [1.165, 1.54) is 31.7 Å². The first-order valence-electron chi connectivity index (χ1n) is 7.47. The fraction of sp³-hybridized carbons (Fsp3) is 0.600. The Kier molecular flexibility index (Phi) is 5.14. The fourth-order valence-corrected chi connectivity index (χ4v) is 3.30. The number of nitrogens with two attached hydrogens (primary N) is 1. The highest BCUT2D eigenvalue weighted by molar-refractivity contribution is 5.55. The van der Waals surface area contributed by atoms with Crippen LogP contribution in [0.15, 0.2) is 18.2 Å². The molecule has 0 aromatic heterocycles. The van der Waals surface area contributed by atoms with Crippen LogP contribution >= 0.6 is 0 Å². The Morgan fingerprint density at radius 1 is 1.43 bits per heavy atom. The summed E-state index contributed by atoms with van der Waals surface area (Å²) >= 11 is 0. The number of hydrogen-bond donors (Lipinski definition) is 2. The second-order valence-electron chi connectivity index (χ2n) is 5.99. The molecule has 1 aliphatic rings. The first kappa shape index (κ1) is 15.7. The van der Waals surface area contributed by atoms with Gasteiger partial charge in [-0.05, 0) is 37.4 Å². The monoisotopic (exact) mass is 292 g/mol. The molecule has 2 atom stereocenters. The molecule has 6 heteroatoms. The number of nitrogen functional groups attached to an aromatic ring is 1.